The summed E-state index contributed by atoms with van der Waals surface area (Å²) >= 11 is 0. The Morgan fingerprint density at radius 1 is 1.59 bits per heavy atom. The van der Waals surface area contributed by atoms with Gasteiger partial charge in [0.15, 0.2) is 0 Å². The highest BCUT2D eigenvalue weighted by molar-refractivity contribution is 5.92. The number of amides is 1. The van der Waals surface area contributed by atoms with Gasteiger partial charge in [-0.25, -0.2) is 9.97 Å². The molecule has 1 unspecified atom stereocenters. The molecule has 2 N–H and O–H groups in total. The van der Waals surface area contributed by atoms with Crippen LogP contribution in [0.3, 0.4) is 0 Å². The van der Waals surface area contributed by atoms with E-state index in [2.05, 4.69) is 20.3 Å². The van der Waals surface area contributed by atoms with E-state index in [9.17, 15) is 4.79 Å². The SMILES string of the molecule is CCC(NC(=O)c1cn(C)cn1)c1ncc[nH]1. The van der Waals surface area contributed by atoms with Gasteiger partial charge >= 0.3 is 0 Å². The van der Waals surface area contributed by atoms with E-state index >= 15 is 0 Å². The summed E-state index contributed by atoms with van der Waals surface area (Å²) in [6.07, 6.45) is 7.47. The second-order valence-electron chi connectivity index (χ2n) is 3.83. The Labute approximate surface area is 99.1 Å². The molecule has 1 amide bonds. The van der Waals surface area contributed by atoms with Crippen molar-refractivity contribution >= 4 is 5.91 Å². The van der Waals surface area contributed by atoms with E-state index in [1.54, 1.807) is 29.5 Å². The van der Waals surface area contributed by atoms with Gasteiger partial charge in [-0.3, -0.25) is 4.79 Å². The van der Waals surface area contributed by atoms with E-state index < -0.39 is 0 Å². The van der Waals surface area contributed by atoms with Crippen LogP contribution in [0.15, 0.2) is 24.9 Å². The number of aromatic nitrogens is 4. The van der Waals surface area contributed by atoms with Crippen LogP contribution in [0.1, 0.15) is 35.7 Å². The van der Waals surface area contributed by atoms with Crippen LogP contribution >= 0.6 is 0 Å². The molecule has 1 atom stereocenters. The normalized spacial score (nSPS) is 12.4. The fraction of sp³-hybridized carbons (Fsp3) is 0.364. The van der Waals surface area contributed by atoms with Crippen molar-refractivity contribution in [2.75, 3.05) is 0 Å². The van der Waals surface area contributed by atoms with Gasteiger partial charge in [-0.05, 0) is 6.42 Å². The molecule has 0 aliphatic heterocycles. The van der Waals surface area contributed by atoms with E-state index in [1.807, 2.05) is 14.0 Å². The van der Waals surface area contributed by atoms with Crippen molar-refractivity contribution in [2.24, 2.45) is 7.05 Å². The highest BCUT2D eigenvalue weighted by Gasteiger charge is 2.17. The Morgan fingerprint density at radius 2 is 2.41 bits per heavy atom. The summed E-state index contributed by atoms with van der Waals surface area (Å²) in [5, 5.41) is 2.89. The first-order valence-corrected chi connectivity index (χ1v) is 5.48. The van der Waals surface area contributed by atoms with Crippen molar-refractivity contribution in [1.82, 2.24) is 24.8 Å². The predicted molar refractivity (Wildman–Crippen MR) is 62.3 cm³/mol. The fourth-order valence-electron chi connectivity index (χ4n) is 1.59. The topological polar surface area (TPSA) is 75.6 Å². The molecule has 17 heavy (non-hydrogen) atoms. The highest BCUT2D eigenvalue weighted by atomic mass is 16.2. The fourth-order valence-corrected chi connectivity index (χ4v) is 1.59. The van der Waals surface area contributed by atoms with Gasteiger partial charge in [0, 0.05) is 25.6 Å². The third kappa shape index (κ3) is 2.52. The van der Waals surface area contributed by atoms with Crippen molar-refractivity contribution in [3.8, 4) is 0 Å². The van der Waals surface area contributed by atoms with Crippen molar-refractivity contribution in [3.63, 3.8) is 0 Å². The molecule has 0 aromatic carbocycles. The van der Waals surface area contributed by atoms with E-state index in [0.717, 1.165) is 12.2 Å². The maximum Gasteiger partial charge on any atom is 0.272 e. The molecule has 0 saturated carbocycles. The first kappa shape index (κ1) is 11.4. The average Bonchev–Trinajstić information content (AvgIpc) is 2.96. The zero-order chi connectivity index (χ0) is 12.3. The molecule has 2 aromatic heterocycles. The quantitative estimate of drug-likeness (QED) is 0.828. The molecule has 6 heteroatoms. The summed E-state index contributed by atoms with van der Waals surface area (Å²) < 4.78 is 1.74. The molecule has 0 aliphatic carbocycles. The van der Waals surface area contributed by atoms with Gasteiger partial charge in [0.1, 0.15) is 11.5 Å². The number of rotatable bonds is 4. The zero-order valence-electron chi connectivity index (χ0n) is 9.84. The molecule has 0 fully saturated rings. The lowest BCUT2D eigenvalue weighted by atomic mass is 10.2. The van der Waals surface area contributed by atoms with Gasteiger partial charge in [-0.2, -0.15) is 0 Å². The lowest BCUT2D eigenvalue weighted by Crippen LogP contribution is -2.29. The van der Waals surface area contributed by atoms with Gasteiger partial charge in [-0.1, -0.05) is 6.92 Å². The second-order valence-corrected chi connectivity index (χ2v) is 3.83. The number of hydrogen-bond donors (Lipinski definition) is 2. The van der Waals surface area contributed by atoms with Crippen LogP contribution in [-0.4, -0.2) is 25.4 Å². The average molecular weight is 233 g/mol. The van der Waals surface area contributed by atoms with Gasteiger partial charge in [0.2, 0.25) is 0 Å². The minimum Gasteiger partial charge on any atom is -0.347 e. The Balaban J connectivity index is 2.07. The molecule has 2 heterocycles. The summed E-state index contributed by atoms with van der Waals surface area (Å²) in [5.41, 5.74) is 0.414. The summed E-state index contributed by atoms with van der Waals surface area (Å²) in [6, 6.07) is -0.112. The monoisotopic (exact) mass is 233 g/mol. The number of nitrogens with zero attached hydrogens (tertiary/aromatic N) is 3. The highest BCUT2D eigenvalue weighted by Crippen LogP contribution is 2.11. The maximum atomic E-state index is 11.9. The van der Waals surface area contributed by atoms with Crippen LogP contribution in [0.5, 0.6) is 0 Å². The van der Waals surface area contributed by atoms with E-state index in [4.69, 9.17) is 0 Å². The molecule has 90 valence electrons. The number of hydrogen-bond acceptors (Lipinski definition) is 3. The van der Waals surface area contributed by atoms with Gasteiger partial charge in [0.25, 0.3) is 5.91 Å². The first-order chi connectivity index (χ1) is 8.20. The Hall–Kier alpha value is -2.11. The smallest absolute Gasteiger partial charge is 0.272 e. The van der Waals surface area contributed by atoms with Crippen LogP contribution in [-0.2, 0) is 7.05 Å². The summed E-state index contributed by atoms with van der Waals surface area (Å²) in [6.45, 7) is 1.99. The van der Waals surface area contributed by atoms with Crippen molar-refractivity contribution in [3.05, 3.63) is 36.4 Å². The molecule has 2 rings (SSSR count). The van der Waals surface area contributed by atoms with Crippen molar-refractivity contribution in [1.29, 1.82) is 0 Å². The lowest BCUT2D eigenvalue weighted by Gasteiger charge is -2.13. The van der Waals surface area contributed by atoms with Crippen LogP contribution in [0.2, 0.25) is 0 Å². The molecule has 0 saturated heterocycles. The first-order valence-electron chi connectivity index (χ1n) is 5.48. The molecular weight excluding hydrogens is 218 g/mol. The maximum absolute atomic E-state index is 11.9. The van der Waals surface area contributed by atoms with Gasteiger partial charge < -0.3 is 14.9 Å². The number of aromatic amines is 1. The number of aryl methyl sites for hydroxylation is 1. The van der Waals surface area contributed by atoms with Crippen LogP contribution < -0.4 is 5.32 Å². The molecule has 0 aliphatic rings. The summed E-state index contributed by atoms with van der Waals surface area (Å²) in [4.78, 5) is 23.0. The van der Waals surface area contributed by atoms with Crippen LogP contribution in [0.4, 0.5) is 0 Å². The Kier molecular flexibility index (Phi) is 3.22. The molecule has 0 spiro atoms. The largest absolute Gasteiger partial charge is 0.347 e. The minimum atomic E-state index is -0.186. The lowest BCUT2D eigenvalue weighted by molar-refractivity contribution is 0.0929. The Bertz CT molecular complexity index is 488. The number of nitrogens with one attached hydrogen (secondary N) is 2. The number of carbonyl (C=O) groups is 1. The van der Waals surface area contributed by atoms with Gasteiger partial charge in [-0.15, -0.1) is 0 Å². The molecule has 0 radical (unpaired) electrons. The Morgan fingerprint density at radius 3 is 2.94 bits per heavy atom. The number of H-pyrrole nitrogens is 1. The minimum absolute atomic E-state index is 0.112. The second kappa shape index (κ2) is 4.82. The molecular formula is C11H15N5O. The molecule has 0 bridgehead atoms. The van der Waals surface area contributed by atoms with Crippen molar-refractivity contribution in [2.45, 2.75) is 19.4 Å². The zero-order valence-corrected chi connectivity index (χ0v) is 9.84. The van der Waals surface area contributed by atoms with Crippen LogP contribution in [0.25, 0.3) is 0 Å². The summed E-state index contributed by atoms with van der Waals surface area (Å²) in [5.74, 6) is 0.575. The van der Waals surface area contributed by atoms with E-state index in [0.29, 0.717) is 5.69 Å². The van der Waals surface area contributed by atoms with Crippen LogP contribution in [0, 0.1) is 0 Å². The van der Waals surface area contributed by atoms with Crippen molar-refractivity contribution < 1.29 is 4.79 Å². The summed E-state index contributed by atoms with van der Waals surface area (Å²) in [7, 11) is 1.83. The number of carbonyl (C=O) groups excluding carboxylic acids is 1. The van der Waals surface area contributed by atoms with E-state index in [-0.39, 0.29) is 11.9 Å². The van der Waals surface area contributed by atoms with E-state index in [1.165, 1.54) is 0 Å². The molecule has 2 aromatic rings. The third-order valence-corrected chi connectivity index (χ3v) is 2.50. The standard InChI is InChI=1S/C11H15N5O/c1-3-8(10-12-4-5-13-10)15-11(17)9-6-16(2)7-14-9/h4-8H,3H2,1-2H3,(H,12,13)(H,15,17). The molecule has 6 nitrogen and oxygen atoms in total. The third-order valence-electron chi connectivity index (χ3n) is 2.50. The predicted octanol–water partition coefficient (Wildman–Crippen LogP) is 1.02. The number of imidazole rings is 2. The van der Waals surface area contributed by atoms with Gasteiger partial charge in [0.05, 0.1) is 12.4 Å².